The summed E-state index contributed by atoms with van der Waals surface area (Å²) in [5.74, 6) is -1.32. The molecule has 0 saturated carbocycles. The van der Waals surface area contributed by atoms with E-state index in [9.17, 15) is 9.59 Å². The van der Waals surface area contributed by atoms with Crippen molar-refractivity contribution in [2.75, 3.05) is 20.7 Å². The normalized spacial score (nSPS) is 11.9. The first-order valence-corrected chi connectivity index (χ1v) is 6.75. The molecule has 1 atom stereocenters. The van der Waals surface area contributed by atoms with Crippen molar-refractivity contribution in [2.45, 2.75) is 6.92 Å². The summed E-state index contributed by atoms with van der Waals surface area (Å²) < 4.78 is 4.60. The van der Waals surface area contributed by atoms with Crippen LogP contribution in [0.15, 0.2) is 6.20 Å². The van der Waals surface area contributed by atoms with Gasteiger partial charge >= 0.3 is 5.97 Å². The third kappa shape index (κ3) is 3.75. The minimum absolute atomic E-state index is 0.0123. The van der Waals surface area contributed by atoms with E-state index in [2.05, 4.69) is 9.72 Å². The van der Waals surface area contributed by atoms with Gasteiger partial charge in [-0.15, -0.1) is 0 Å². The number of methoxy groups -OCH3 is 1. The first kappa shape index (κ1) is 17.0. The average Bonchev–Trinajstić information content (AvgIpc) is 2.43. The summed E-state index contributed by atoms with van der Waals surface area (Å²) in [6.45, 7) is 1.82. The second kappa shape index (κ2) is 7.11. The van der Waals surface area contributed by atoms with Gasteiger partial charge in [0.15, 0.2) is 0 Å². The summed E-state index contributed by atoms with van der Waals surface area (Å²) in [5, 5.41) is 0.224. The van der Waals surface area contributed by atoms with E-state index in [1.807, 2.05) is 0 Å². The maximum atomic E-state index is 12.2. The van der Waals surface area contributed by atoms with Crippen molar-refractivity contribution in [3.05, 3.63) is 27.0 Å². The van der Waals surface area contributed by atoms with Crippen LogP contribution in [0.4, 0.5) is 0 Å². The molecular formula is C12H13Cl3N2O3. The number of hydrogen-bond acceptors (Lipinski definition) is 4. The number of carbonyl (C=O) groups is 2. The van der Waals surface area contributed by atoms with E-state index in [1.165, 1.54) is 25.3 Å². The van der Waals surface area contributed by atoms with Crippen LogP contribution >= 0.6 is 34.8 Å². The highest BCUT2D eigenvalue weighted by atomic mass is 35.5. The lowest BCUT2D eigenvalue weighted by atomic mass is 10.1. The van der Waals surface area contributed by atoms with Gasteiger partial charge in [0.1, 0.15) is 5.69 Å². The Balaban J connectivity index is 2.90. The van der Waals surface area contributed by atoms with Gasteiger partial charge in [0.05, 0.1) is 28.1 Å². The second-order valence-electron chi connectivity index (χ2n) is 4.19. The lowest BCUT2D eigenvalue weighted by Crippen LogP contribution is -2.34. The molecule has 1 aromatic rings. The summed E-state index contributed by atoms with van der Waals surface area (Å²) in [4.78, 5) is 28.7. The SMILES string of the molecule is COC(=O)C(C)CN(C)C(=O)c1ncc(Cl)c(Cl)c1Cl. The van der Waals surface area contributed by atoms with Gasteiger partial charge in [0, 0.05) is 19.8 Å². The molecule has 1 unspecified atom stereocenters. The first-order chi connectivity index (χ1) is 9.29. The number of nitrogens with zero attached hydrogens (tertiary/aromatic N) is 2. The van der Waals surface area contributed by atoms with Crippen molar-refractivity contribution in [1.29, 1.82) is 0 Å². The number of aromatic nitrogens is 1. The number of halogens is 3. The summed E-state index contributed by atoms with van der Waals surface area (Å²) in [7, 11) is 2.82. The van der Waals surface area contributed by atoms with E-state index in [-0.39, 0.29) is 27.3 Å². The Morgan fingerprint density at radius 1 is 1.35 bits per heavy atom. The van der Waals surface area contributed by atoms with Crippen molar-refractivity contribution < 1.29 is 14.3 Å². The molecule has 0 aliphatic carbocycles. The fourth-order valence-electron chi connectivity index (χ4n) is 1.54. The van der Waals surface area contributed by atoms with E-state index in [0.717, 1.165) is 0 Å². The molecular weight excluding hydrogens is 327 g/mol. The van der Waals surface area contributed by atoms with Crippen LogP contribution in [0.1, 0.15) is 17.4 Å². The quantitative estimate of drug-likeness (QED) is 0.791. The zero-order chi connectivity index (χ0) is 15.4. The minimum atomic E-state index is -0.463. The zero-order valence-corrected chi connectivity index (χ0v) is 13.4. The Bertz CT molecular complexity index is 537. The molecule has 1 heterocycles. The number of ether oxygens (including phenoxy) is 1. The standard InChI is InChI=1S/C12H13Cl3N2O3/c1-6(12(19)20-3)5-17(2)11(18)10-9(15)8(14)7(13)4-16-10/h4,6H,5H2,1-3H3. The number of amides is 1. The van der Waals surface area contributed by atoms with Crippen LogP contribution < -0.4 is 0 Å². The van der Waals surface area contributed by atoms with Gasteiger partial charge < -0.3 is 9.64 Å². The highest BCUT2D eigenvalue weighted by molar-refractivity contribution is 6.48. The number of hydrogen-bond donors (Lipinski definition) is 0. The largest absolute Gasteiger partial charge is 0.469 e. The summed E-state index contributed by atoms with van der Waals surface area (Å²) in [5.41, 5.74) is -0.0133. The summed E-state index contributed by atoms with van der Waals surface area (Å²) in [6.07, 6.45) is 1.25. The van der Waals surface area contributed by atoms with Crippen molar-refractivity contribution >= 4 is 46.7 Å². The van der Waals surface area contributed by atoms with Gasteiger partial charge in [-0.3, -0.25) is 9.59 Å². The van der Waals surface area contributed by atoms with Crippen LogP contribution in [0.2, 0.25) is 15.1 Å². The summed E-state index contributed by atoms with van der Waals surface area (Å²) in [6, 6.07) is 0. The van der Waals surface area contributed by atoms with Crippen molar-refractivity contribution in [3.63, 3.8) is 0 Å². The molecule has 8 heteroatoms. The van der Waals surface area contributed by atoms with E-state index < -0.39 is 17.8 Å². The van der Waals surface area contributed by atoms with E-state index in [4.69, 9.17) is 34.8 Å². The molecule has 0 aliphatic heterocycles. The average molecular weight is 340 g/mol. The number of rotatable bonds is 4. The molecule has 0 saturated heterocycles. The highest BCUT2D eigenvalue weighted by Crippen LogP contribution is 2.31. The Labute approximate surface area is 131 Å². The van der Waals surface area contributed by atoms with Crippen LogP contribution in [0.25, 0.3) is 0 Å². The lowest BCUT2D eigenvalue weighted by Gasteiger charge is -2.20. The molecule has 1 aromatic heterocycles. The third-order valence-corrected chi connectivity index (χ3v) is 3.86. The number of pyridine rings is 1. The predicted molar refractivity (Wildman–Crippen MR) is 77.4 cm³/mol. The van der Waals surface area contributed by atoms with Gasteiger partial charge in [-0.2, -0.15) is 0 Å². The van der Waals surface area contributed by atoms with Gasteiger partial charge in [-0.1, -0.05) is 41.7 Å². The highest BCUT2D eigenvalue weighted by Gasteiger charge is 2.23. The molecule has 0 aliphatic rings. The lowest BCUT2D eigenvalue weighted by molar-refractivity contribution is -0.145. The molecule has 1 rings (SSSR count). The zero-order valence-electron chi connectivity index (χ0n) is 11.1. The Morgan fingerprint density at radius 3 is 2.50 bits per heavy atom. The van der Waals surface area contributed by atoms with E-state index in [0.29, 0.717) is 0 Å². The van der Waals surface area contributed by atoms with Crippen molar-refractivity contribution in [3.8, 4) is 0 Å². The molecule has 0 aromatic carbocycles. The molecule has 5 nitrogen and oxygen atoms in total. The Morgan fingerprint density at radius 2 is 1.95 bits per heavy atom. The molecule has 0 spiro atoms. The van der Waals surface area contributed by atoms with Crippen LogP contribution in [0.5, 0.6) is 0 Å². The topological polar surface area (TPSA) is 59.5 Å². The maximum absolute atomic E-state index is 12.2. The van der Waals surface area contributed by atoms with Crippen LogP contribution in [0.3, 0.4) is 0 Å². The fourth-order valence-corrected chi connectivity index (χ4v) is 2.10. The monoisotopic (exact) mass is 338 g/mol. The molecule has 110 valence electrons. The second-order valence-corrected chi connectivity index (χ2v) is 5.36. The predicted octanol–water partition coefficient (Wildman–Crippen LogP) is 2.92. The first-order valence-electron chi connectivity index (χ1n) is 5.62. The van der Waals surface area contributed by atoms with E-state index >= 15 is 0 Å². The van der Waals surface area contributed by atoms with Crippen LogP contribution in [0, 0.1) is 5.92 Å². The van der Waals surface area contributed by atoms with Crippen LogP contribution in [-0.2, 0) is 9.53 Å². The van der Waals surface area contributed by atoms with Crippen molar-refractivity contribution in [1.82, 2.24) is 9.88 Å². The third-order valence-electron chi connectivity index (χ3n) is 2.62. The van der Waals surface area contributed by atoms with Gasteiger partial charge in [0.25, 0.3) is 5.91 Å². The van der Waals surface area contributed by atoms with E-state index in [1.54, 1.807) is 6.92 Å². The molecule has 20 heavy (non-hydrogen) atoms. The fraction of sp³-hybridized carbons (Fsp3) is 0.417. The van der Waals surface area contributed by atoms with Crippen molar-refractivity contribution in [2.24, 2.45) is 5.92 Å². The molecule has 0 N–H and O–H groups in total. The van der Waals surface area contributed by atoms with Gasteiger partial charge in [0.2, 0.25) is 0 Å². The molecule has 0 radical (unpaired) electrons. The van der Waals surface area contributed by atoms with Gasteiger partial charge in [-0.25, -0.2) is 4.98 Å². The number of carbonyl (C=O) groups excluding carboxylic acids is 2. The maximum Gasteiger partial charge on any atom is 0.310 e. The Hall–Kier alpha value is -1.04. The molecule has 1 amide bonds. The number of esters is 1. The minimum Gasteiger partial charge on any atom is -0.469 e. The Kier molecular flexibility index (Phi) is 6.05. The molecule has 0 bridgehead atoms. The van der Waals surface area contributed by atoms with Crippen LogP contribution in [-0.4, -0.2) is 42.5 Å². The van der Waals surface area contributed by atoms with Gasteiger partial charge in [-0.05, 0) is 0 Å². The molecule has 0 fully saturated rings. The smallest absolute Gasteiger partial charge is 0.310 e. The summed E-state index contributed by atoms with van der Waals surface area (Å²) >= 11 is 17.6.